The van der Waals surface area contributed by atoms with E-state index in [1.54, 1.807) is 0 Å². The first-order chi connectivity index (χ1) is 18.9. The third kappa shape index (κ3) is 5.90. The molecule has 0 bridgehead atoms. The smallest absolute Gasteiger partial charge is 0.306 e. The van der Waals surface area contributed by atoms with Crippen LogP contribution in [0.25, 0.3) is 0 Å². The number of ether oxygens (including phenoxy) is 1. The maximum atomic E-state index is 13.3. The van der Waals surface area contributed by atoms with Crippen molar-refractivity contribution >= 4 is 29.4 Å². The van der Waals surface area contributed by atoms with E-state index in [9.17, 15) is 29.1 Å². The van der Waals surface area contributed by atoms with Crippen LogP contribution < -0.4 is 5.32 Å². The number of Topliss-reactive ketones (excluding diaryl/α,β-unsaturated/α-hetero) is 1. The number of carboxylic acids is 1. The molecule has 0 aliphatic heterocycles. The van der Waals surface area contributed by atoms with Crippen LogP contribution in [0.5, 0.6) is 0 Å². The predicted octanol–water partition coefficient (Wildman–Crippen LogP) is 3.90. The number of amides is 1. The lowest BCUT2D eigenvalue weighted by atomic mass is 9.46. The van der Waals surface area contributed by atoms with Crippen molar-refractivity contribution in [3.05, 3.63) is 11.6 Å². The minimum Gasteiger partial charge on any atom is -0.481 e. The van der Waals surface area contributed by atoms with E-state index in [2.05, 4.69) is 12.2 Å². The summed E-state index contributed by atoms with van der Waals surface area (Å²) in [7, 11) is 0. The predicted molar refractivity (Wildman–Crippen MR) is 146 cm³/mol. The molecule has 1 amide bonds. The van der Waals surface area contributed by atoms with Crippen molar-refractivity contribution in [3.8, 4) is 0 Å². The van der Waals surface area contributed by atoms with Crippen LogP contribution in [0.4, 0.5) is 0 Å². The largest absolute Gasteiger partial charge is 0.481 e. The van der Waals surface area contributed by atoms with Gasteiger partial charge in [-0.15, -0.1) is 0 Å². The number of nitrogens with one attached hydrogen (secondary N) is 1. The van der Waals surface area contributed by atoms with Crippen LogP contribution in [0, 0.1) is 28.6 Å². The topological polar surface area (TPSA) is 147 Å². The molecule has 9 heteroatoms. The molecule has 222 valence electrons. The van der Waals surface area contributed by atoms with E-state index < -0.39 is 35.3 Å². The second-order valence-electron chi connectivity index (χ2n) is 13.0. The van der Waals surface area contributed by atoms with Gasteiger partial charge in [-0.25, -0.2) is 0 Å². The molecular formula is C31H45NO8. The Kier molecular flexibility index (Phi) is 9.22. The summed E-state index contributed by atoms with van der Waals surface area (Å²) in [4.78, 5) is 60.2. The Balaban J connectivity index is 1.25. The number of carbonyl (C=O) groups is 5. The molecule has 4 aliphatic rings. The summed E-state index contributed by atoms with van der Waals surface area (Å²) in [5.74, 6) is -0.962. The van der Waals surface area contributed by atoms with Gasteiger partial charge in [-0.05, 0) is 87.0 Å². The van der Waals surface area contributed by atoms with Gasteiger partial charge in [0.05, 0.1) is 6.42 Å². The number of unbranched alkanes of at least 4 members (excludes halogenated alkanes) is 2. The maximum Gasteiger partial charge on any atom is 0.306 e. The van der Waals surface area contributed by atoms with Gasteiger partial charge in [0, 0.05) is 31.2 Å². The summed E-state index contributed by atoms with van der Waals surface area (Å²) in [6.07, 6.45) is 9.79. The van der Waals surface area contributed by atoms with Crippen molar-refractivity contribution in [1.82, 2.24) is 5.32 Å². The lowest BCUT2D eigenvalue weighted by molar-refractivity contribution is -0.170. The average Bonchev–Trinajstić information content (AvgIpc) is 3.19. The highest BCUT2D eigenvalue weighted by Gasteiger charge is 2.66. The van der Waals surface area contributed by atoms with Crippen LogP contribution in [0.2, 0.25) is 0 Å². The van der Waals surface area contributed by atoms with Crippen LogP contribution in [-0.2, 0) is 28.7 Å². The summed E-state index contributed by atoms with van der Waals surface area (Å²) in [5, 5.41) is 23.1. The second-order valence-corrected chi connectivity index (χ2v) is 13.0. The number of hydrogen-bond donors (Lipinski definition) is 3. The van der Waals surface area contributed by atoms with E-state index in [1.165, 1.54) is 5.57 Å². The molecule has 40 heavy (non-hydrogen) atoms. The highest BCUT2D eigenvalue weighted by atomic mass is 16.5. The second kappa shape index (κ2) is 12.1. The van der Waals surface area contributed by atoms with Crippen molar-refractivity contribution in [2.45, 2.75) is 109 Å². The fraction of sp³-hybridized carbons (Fsp3) is 0.774. The third-order valence-corrected chi connectivity index (χ3v) is 10.9. The molecule has 0 saturated heterocycles. The minimum absolute atomic E-state index is 0.0189. The molecule has 9 nitrogen and oxygen atoms in total. The Labute approximate surface area is 236 Å². The Morgan fingerprint density at radius 1 is 0.950 bits per heavy atom. The van der Waals surface area contributed by atoms with E-state index in [4.69, 9.17) is 9.84 Å². The molecule has 0 aromatic carbocycles. The SMILES string of the molecule is C[C@]12CCC(=O)C=C1CC[C@@H]1[C@@H]2CC[C@@]2(C)[C@H]1CC[C@]2(O)C(=O)COC(=O)CCC(=O)NCCCCCC(=O)O. The van der Waals surface area contributed by atoms with Gasteiger partial charge in [0.25, 0.3) is 0 Å². The molecule has 0 heterocycles. The fourth-order valence-electron chi connectivity index (χ4n) is 8.48. The molecule has 4 rings (SSSR count). The lowest BCUT2D eigenvalue weighted by Crippen LogP contribution is -2.58. The number of hydrogen-bond acceptors (Lipinski definition) is 7. The standard InChI is InChI=1S/C31H45NO8/c1-29-14-11-21(33)18-20(29)7-8-22-23(29)12-15-30(2)24(22)13-16-31(30,39)25(34)19-40-28(38)10-9-26(35)32-17-5-3-4-6-27(36)37/h18,22-24,39H,3-17,19H2,1-2H3,(H,32,35)(H,36,37)/t22-,23+,24+,29+,30+,31+/m1/s1. The van der Waals surface area contributed by atoms with Crippen molar-refractivity contribution < 1.29 is 38.9 Å². The molecule has 3 N–H and O–H groups in total. The molecular weight excluding hydrogens is 514 g/mol. The van der Waals surface area contributed by atoms with E-state index in [1.807, 2.05) is 13.0 Å². The highest BCUT2D eigenvalue weighted by Crippen LogP contribution is 2.67. The summed E-state index contributed by atoms with van der Waals surface area (Å²) in [6, 6.07) is 0. The van der Waals surface area contributed by atoms with Gasteiger partial charge in [0.15, 0.2) is 12.4 Å². The third-order valence-electron chi connectivity index (χ3n) is 10.9. The quantitative estimate of drug-likeness (QED) is 0.241. The summed E-state index contributed by atoms with van der Waals surface area (Å²) in [5.41, 5.74) is -0.815. The zero-order valence-corrected chi connectivity index (χ0v) is 24.0. The highest BCUT2D eigenvalue weighted by molar-refractivity contribution is 5.92. The molecule has 0 unspecified atom stereocenters. The van der Waals surface area contributed by atoms with Crippen molar-refractivity contribution in [2.24, 2.45) is 28.6 Å². The van der Waals surface area contributed by atoms with Crippen LogP contribution in [-0.4, -0.2) is 58.4 Å². The van der Waals surface area contributed by atoms with E-state index in [0.717, 1.165) is 38.5 Å². The van der Waals surface area contributed by atoms with E-state index in [0.29, 0.717) is 50.5 Å². The Morgan fingerprint density at radius 3 is 2.45 bits per heavy atom. The fourth-order valence-corrected chi connectivity index (χ4v) is 8.48. The van der Waals surface area contributed by atoms with Crippen molar-refractivity contribution in [1.29, 1.82) is 0 Å². The molecule has 0 radical (unpaired) electrons. The van der Waals surface area contributed by atoms with Gasteiger partial charge in [-0.3, -0.25) is 24.0 Å². The number of esters is 1. The van der Waals surface area contributed by atoms with Crippen molar-refractivity contribution in [2.75, 3.05) is 13.2 Å². The first-order valence-electron chi connectivity index (χ1n) is 15.0. The van der Waals surface area contributed by atoms with Crippen molar-refractivity contribution in [3.63, 3.8) is 0 Å². The summed E-state index contributed by atoms with van der Waals surface area (Å²) < 4.78 is 5.22. The Bertz CT molecular complexity index is 1070. The lowest BCUT2D eigenvalue weighted by Gasteiger charge is -2.58. The summed E-state index contributed by atoms with van der Waals surface area (Å²) >= 11 is 0. The van der Waals surface area contributed by atoms with E-state index in [-0.39, 0.29) is 42.3 Å². The van der Waals surface area contributed by atoms with Gasteiger partial charge < -0.3 is 20.3 Å². The molecule has 3 fully saturated rings. The van der Waals surface area contributed by atoms with Gasteiger partial charge >= 0.3 is 11.9 Å². The molecule has 0 spiro atoms. The number of aliphatic hydroxyl groups is 1. The van der Waals surface area contributed by atoms with Crippen LogP contribution in [0.3, 0.4) is 0 Å². The Morgan fingerprint density at radius 2 is 1.70 bits per heavy atom. The minimum atomic E-state index is -1.54. The van der Waals surface area contributed by atoms with E-state index >= 15 is 0 Å². The number of ketones is 2. The number of carboxylic acid groups (broad SMARTS) is 1. The van der Waals surface area contributed by atoms with Crippen LogP contribution in [0.1, 0.15) is 104 Å². The molecule has 3 saturated carbocycles. The average molecular weight is 560 g/mol. The van der Waals surface area contributed by atoms with Gasteiger partial charge in [0.2, 0.25) is 11.7 Å². The van der Waals surface area contributed by atoms with Gasteiger partial charge in [0.1, 0.15) is 5.60 Å². The van der Waals surface area contributed by atoms with Crippen LogP contribution >= 0.6 is 0 Å². The van der Waals surface area contributed by atoms with Crippen LogP contribution in [0.15, 0.2) is 11.6 Å². The monoisotopic (exact) mass is 559 g/mol. The molecule has 4 aliphatic carbocycles. The molecule has 0 aromatic heterocycles. The number of fused-ring (bicyclic) bond motifs is 5. The number of carbonyl (C=O) groups excluding carboxylic acids is 4. The molecule has 6 atom stereocenters. The zero-order valence-electron chi connectivity index (χ0n) is 24.0. The summed E-state index contributed by atoms with van der Waals surface area (Å²) in [6.45, 7) is 4.25. The first kappa shape index (κ1) is 30.4. The number of aliphatic carboxylic acids is 1. The first-order valence-corrected chi connectivity index (χ1v) is 15.0. The number of rotatable bonds is 12. The number of allylic oxidation sites excluding steroid dienone is 1. The zero-order chi connectivity index (χ0) is 29.1. The Hall–Kier alpha value is -2.55. The normalized spacial score (nSPS) is 34.6. The van der Waals surface area contributed by atoms with Gasteiger partial charge in [-0.2, -0.15) is 0 Å². The molecule has 0 aromatic rings. The van der Waals surface area contributed by atoms with Gasteiger partial charge in [-0.1, -0.05) is 25.8 Å². The maximum absolute atomic E-state index is 13.3.